The first-order chi connectivity index (χ1) is 8.58. The van der Waals surface area contributed by atoms with E-state index in [1.165, 1.54) is 12.4 Å². The van der Waals surface area contributed by atoms with Gasteiger partial charge in [0.1, 0.15) is 12.0 Å². The fourth-order valence-corrected chi connectivity index (χ4v) is 1.25. The van der Waals surface area contributed by atoms with E-state index in [4.69, 9.17) is 5.73 Å². The molecular weight excluding hydrogens is 240 g/mol. The highest BCUT2D eigenvalue weighted by Crippen LogP contribution is 2.17. The number of aromatic amines is 1. The maximum absolute atomic E-state index is 11.8. The molecule has 0 saturated heterocycles. The molecule has 0 atom stereocenters. The highest BCUT2D eigenvalue weighted by atomic mass is 16.6. The van der Waals surface area contributed by atoms with Crippen LogP contribution in [0.5, 0.6) is 0 Å². The standard InChI is InChI=1S/C9H8N6O3/c10-7-6(3-5(4-13-7)15(17)18)8(16)14-9-11-1-2-12-9/h1-4H,(H2,10,13)(H2,11,12,14,16). The first kappa shape index (κ1) is 11.5. The molecule has 9 heteroatoms. The van der Waals surface area contributed by atoms with Crippen LogP contribution < -0.4 is 11.1 Å². The predicted octanol–water partition coefficient (Wildman–Crippen LogP) is 0.547. The number of nitrogen functional groups attached to an aromatic ring is 1. The quantitative estimate of drug-likeness (QED) is 0.535. The average Bonchev–Trinajstić information content (AvgIpc) is 2.81. The van der Waals surface area contributed by atoms with Crippen molar-refractivity contribution in [2.45, 2.75) is 0 Å². The van der Waals surface area contributed by atoms with Crippen LogP contribution in [0.3, 0.4) is 0 Å². The Kier molecular flexibility index (Phi) is 2.87. The molecule has 18 heavy (non-hydrogen) atoms. The SMILES string of the molecule is Nc1ncc([N+](=O)[O-])cc1C(=O)Nc1ncc[nH]1. The normalized spacial score (nSPS) is 10.0. The molecule has 0 spiro atoms. The smallest absolute Gasteiger partial charge is 0.288 e. The number of nitrogens with two attached hydrogens (primary N) is 1. The van der Waals surface area contributed by atoms with Crippen molar-refractivity contribution in [3.63, 3.8) is 0 Å². The molecule has 0 radical (unpaired) electrons. The number of hydrogen-bond acceptors (Lipinski definition) is 6. The lowest BCUT2D eigenvalue weighted by Crippen LogP contribution is -2.16. The van der Waals surface area contributed by atoms with Crippen LogP contribution in [0.25, 0.3) is 0 Å². The van der Waals surface area contributed by atoms with Gasteiger partial charge in [0.05, 0.1) is 10.5 Å². The maximum Gasteiger partial charge on any atom is 0.288 e. The highest BCUT2D eigenvalue weighted by molar-refractivity contribution is 6.06. The Morgan fingerprint density at radius 1 is 1.50 bits per heavy atom. The number of anilines is 2. The first-order valence-electron chi connectivity index (χ1n) is 4.78. The van der Waals surface area contributed by atoms with Crippen LogP contribution in [0.1, 0.15) is 10.4 Å². The molecule has 0 aliphatic rings. The molecule has 2 rings (SSSR count). The van der Waals surface area contributed by atoms with E-state index < -0.39 is 10.8 Å². The Balaban J connectivity index is 2.29. The third-order valence-electron chi connectivity index (χ3n) is 2.09. The molecule has 0 aliphatic carbocycles. The summed E-state index contributed by atoms with van der Waals surface area (Å²) in [7, 11) is 0. The van der Waals surface area contributed by atoms with Crippen LogP contribution in [-0.4, -0.2) is 25.8 Å². The van der Waals surface area contributed by atoms with Gasteiger partial charge in [-0.05, 0) is 0 Å². The minimum absolute atomic E-state index is 0.0828. The third-order valence-corrected chi connectivity index (χ3v) is 2.09. The zero-order chi connectivity index (χ0) is 13.1. The van der Waals surface area contributed by atoms with E-state index in [9.17, 15) is 14.9 Å². The number of aromatic nitrogens is 3. The third kappa shape index (κ3) is 2.24. The number of carbonyl (C=O) groups excluding carboxylic acids is 1. The molecule has 0 unspecified atom stereocenters. The van der Waals surface area contributed by atoms with Gasteiger partial charge in [-0.25, -0.2) is 9.97 Å². The lowest BCUT2D eigenvalue weighted by molar-refractivity contribution is -0.385. The van der Waals surface area contributed by atoms with Crippen LogP contribution in [0.4, 0.5) is 17.5 Å². The molecule has 2 heterocycles. The van der Waals surface area contributed by atoms with Gasteiger partial charge in [-0.1, -0.05) is 0 Å². The Bertz CT molecular complexity index is 594. The van der Waals surface area contributed by atoms with Crippen molar-refractivity contribution in [1.82, 2.24) is 15.0 Å². The minimum atomic E-state index is -0.657. The van der Waals surface area contributed by atoms with Crippen molar-refractivity contribution in [3.8, 4) is 0 Å². The number of carbonyl (C=O) groups is 1. The number of rotatable bonds is 3. The summed E-state index contributed by atoms with van der Waals surface area (Å²) < 4.78 is 0. The summed E-state index contributed by atoms with van der Waals surface area (Å²) in [6.07, 6.45) is 3.95. The van der Waals surface area contributed by atoms with Crippen molar-refractivity contribution < 1.29 is 9.72 Å². The van der Waals surface area contributed by atoms with E-state index in [-0.39, 0.29) is 23.0 Å². The molecule has 0 bridgehead atoms. The van der Waals surface area contributed by atoms with Gasteiger partial charge in [-0.15, -0.1) is 0 Å². The molecule has 92 valence electrons. The maximum atomic E-state index is 11.8. The van der Waals surface area contributed by atoms with Crippen molar-refractivity contribution in [1.29, 1.82) is 0 Å². The van der Waals surface area contributed by atoms with Crippen molar-refractivity contribution in [2.75, 3.05) is 11.1 Å². The molecule has 4 N–H and O–H groups in total. The number of H-pyrrole nitrogens is 1. The van der Waals surface area contributed by atoms with Crippen LogP contribution in [0.2, 0.25) is 0 Å². The summed E-state index contributed by atoms with van der Waals surface area (Å²) in [6.45, 7) is 0. The van der Waals surface area contributed by atoms with Gasteiger partial charge in [-0.2, -0.15) is 0 Å². The number of hydrogen-bond donors (Lipinski definition) is 3. The highest BCUT2D eigenvalue weighted by Gasteiger charge is 2.17. The summed E-state index contributed by atoms with van der Waals surface area (Å²) in [5.41, 5.74) is 5.10. The van der Waals surface area contributed by atoms with Crippen LogP contribution >= 0.6 is 0 Å². The Hall–Kier alpha value is -2.97. The number of nitrogens with one attached hydrogen (secondary N) is 2. The Labute approximate surface area is 100 Å². The molecular formula is C9H8N6O3. The number of nitrogens with zero attached hydrogens (tertiary/aromatic N) is 3. The molecule has 0 aliphatic heterocycles. The zero-order valence-electron chi connectivity index (χ0n) is 8.95. The first-order valence-corrected chi connectivity index (χ1v) is 4.78. The number of nitro groups is 1. The average molecular weight is 248 g/mol. The molecule has 0 aromatic carbocycles. The van der Waals surface area contributed by atoms with E-state index in [2.05, 4.69) is 20.3 Å². The van der Waals surface area contributed by atoms with Crippen LogP contribution in [-0.2, 0) is 0 Å². The van der Waals surface area contributed by atoms with E-state index in [1.54, 1.807) is 0 Å². The van der Waals surface area contributed by atoms with Crippen molar-refractivity contribution in [2.24, 2.45) is 0 Å². The van der Waals surface area contributed by atoms with Gasteiger partial charge >= 0.3 is 0 Å². The van der Waals surface area contributed by atoms with E-state index in [0.717, 1.165) is 12.3 Å². The van der Waals surface area contributed by atoms with Gasteiger partial charge < -0.3 is 10.7 Å². The number of imidazole rings is 1. The molecule has 0 saturated carbocycles. The largest absolute Gasteiger partial charge is 0.383 e. The number of amides is 1. The number of pyridine rings is 1. The second kappa shape index (κ2) is 4.49. The molecule has 2 aromatic rings. The van der Waals surface area contributed by atoms with Gasteiger partial charge in [-0.3, -0.25) is 20.2 Å². The van der Waals surface area contributed by atoms with E-state index >= 15 is 0 Å². The molecule has 0 fully saturated rings. The summed E-state index contributed by atoms with van der Waals surface area (Å²) in [6, 6.07) is 1.06. The second-order valence-electron chi connectivity index (χ2n) is 3.28. The molecule has 1 amide bonds. The minimum Gasteiger partial charge on any atom is -0.383 e. The molecule has 2 aromatic heterocycles. The van der Waals surface area contributed by atoms with E-state index in [0.29, 0.717) is 0 Å². The summed E-state index contributed by atoms with van der Waals surface area (Å²) >= 11 is 0. The summed E-state index contributed by atoms with van der Waals surface area (Å²) in [4.78, 5) is 31.8. The van der Waals surface area contributed by atoms with Crippen LogP contribution in [0, 0.1) is 10.1 Å². The van der Waals surface area contributed by atoms with Crippen molar-refractivity contribution in [3.05, 3.63) is 40.3 Å². The van der Waals surface area contributed by atoms with Gasteiger partial charge in [0.2, 0.25) is 5.95 Å². The van der Waals surface area contributed by atoms with E-state index in [1.807, 2.05) is 0 Å². The fourth-order valence-electron chi connectivity index (χ4n) is 1.25. The lowest BCUT2D eigenvalue weighted by atomic mass is 10.2. The molecule has 9 nitrogen and oxygen atoms in total. The van der Waals surface area contributed by atoms with Crippen LogP contribution in [0.15, 0.2) is 24.7 Å². The predicted molar refractivity (Wildman–Crippen MR) is 61.8 cm³/mol. The lowest BCUT2D eigenvalue weighted by Gasteiger charge is -2.04. The van der Waals surface area contributed by atoms with Gasteiger partial charge in [0.15, 0.2) is 0 Å². The van der Waals surface area contributed by atoms with Crippen molar-refractivity contribution >= 4 is 23.4 Å². The zero-order valence-corrected chi connectivity index (χ0v) is 8.95. The topological polar surface area (TPSA) is 140 Å². The second-order valence-corrected chi connectivity index (χ2v) is 3.28. The summed E-state index contributed by atoms with van der Waals surface area (Å²) in [5, 5.41) is 13.0. The summed E-state index contributed by atoms with van der Waals surface area (Å²) in [5.74, 6) is -0.505. The Morgan fingerprint density at radius 2 is 2.28 bits per heavy atom. The fraction of sp³-hybridized carbons (Fsp3) is 0. The van der Waals surface area contributed by atoms with Gasteiger partial charge in [0, 0.05) is 18.5 Å². The van der Waals surface area contributed by atoms with Gasteiger partial charge in [0.25, 0.3) is 11.6 Å². The monoisotopic (exact) mass is 248 g/mol. The Morgan fingerprint density at radius 3 is 2.89 bits per heavy atom.